The number of halogens is 2. The molecular formula is C13H18Cl2N2O2S2. The summed E-state index contributed by atoms with van der Waals surface area (Å²) in [6, 6.07) is 3.01. The highest BCUT2D eigenvalue weighted by Gasteiger charge is 2.42. The summed E-state index contributed by atoms with van der Waals surface area (Å²) in [4.78, 5) is 0.0794. The van der Waals surface area contributed by atoms with Crippen LogP contribution >= 0.6 is 35.0 Å². The molecule has 1 saturated carbocycles. The van der Waals surface area contributed by atoms with E-state index in [1.54, 1.807) is 18.8 Å². The van der Waals surface area contributed by atoms with E-state index in [0.717, 1.165) is 12.8 Å². The average Bonchev–Trinajstić information content (AvgIpc) is 3.20. The number of rotatable bonds is 7. The summed E-state index contributed by atoms with van der Waals surface area (Å²) in [5.41, 5.74) is 0.704. The van der Waals surface area contributed by atoms with E-state index in [2.05, 4.69) is 10.0 Å². The monoisotopic (exact) mass is 368 g/mol. The molecule has 21 heavy (non-hydrogen) atoms. The van der Waals surface area contributed by atoms with Crippen molar-refractivity contribution in [3.63, 3.8) is 0 Å². The maximum absolute atomic E-state index is 12.4. The first kappa shape index (κ1) is 17.4. The second-order valence-electron chi connectivity index (χ2n) is 5.12. The first-order valence-electron chi connectivity index (χ1n) is 6.51. The highest BCUT2D eigenvalue weighted by Crippen LogP contribution is 2.46. The molecule has 0 radical (unpaired) electrons. The second kappa shape index (κ2) is 6.64. The van der Waals surface area contributed by atoms with Crippen molar-refractivity contribution < 1.29 is 8.42 Å². The first-order chi connectivity index (χ1) is 9.83. The Kier molecular flexibility index (Phi) is 5.50. The lowest BCUT2D eigenvalue weighted by atomic mass is 10.2. The summed E-state index contributed by atoms with van der Waals surface area (Å²) < 4.78 is 27.6. The van der Waals surface area contributed by atoms with Gasteiger partial charge in [0, 0.05) is 22.9 Å². The number of hydrogen-bond donors (Lipinski definition) is 2. The van der Waals surface area contributed by atoms with Gasteiger partial charge >= 0.3 is 0 Å². The largest absolute Gasteiger partial charge is 0.316 e. The summed E-state index contributed by atoms with van der Waals surface area (Å²) in [6.07, 6.45) is 4.08. The highest BCUT2D eigenvalue weighted by atomic mass is 35.5. The maximum Gasteiger partial charge on any atom is 0.242 e. The van der Waals surface area contributed by atoms with Crippen LogP contribution in [0.5, 0.6) is 0 Å². The molecule has 0 unspecified atom stereocenters. The Hall–Kier alpha value is 0.0200. The Morgan fingerprint density at radius 1 is 1.29 bits per heavy atom. The fourth-order valence-electron chi connectivity index (χ4n) is 2.00. The number of thioether (sulfide) groups is 1. The van der Waals surface area contributed by atoms with Crippen LogP contribution in [0, 0.1) is 0 Å². The van der Waals surface area contributed by atoms with Gasteiger partial charge in [0.2, 0.25) is 10.0 Å². The van der Waals surface area contributed by atoms with Gasteiger partial charge in [0.15, 0.2) is 0 Å². The zero-order valence-corrected chi connectivity index (χ0v) is 15.0. The SMILES string of the molecule is CNCc1cc(S(=O)(=O)NCC2(SC)CC2)c(Cl)cc1Cl. The number of benzene rings is 1. The normalized spacial score (nSPS) is 17.0. The number of hydrogen-bond acceptors (Lipinski definition) is 4. The molecule has 118 valence electrons. The van der Waals surface area contributed by atoms with E-state index < -0.39 is 10.0 Å². The Morgan fingerprint density at radius 2 is 1.95 bits per heavy atom. The third-order valence-electron chi connectivity index (χ3n) is 3.58. The molecule has 0 aromatic heterocycles. The van der Waals surface area contributed by atoms with E-state index in [1.165, 1.54) is 12.1 Å². The third kappa shape index (κ3) is 4.06. The van der Waals surface area contributed by atoms with Gasteiger partial charge < -0.3 is 5.32 Å². The standard InChI is InChI=1S/C13H18Cl2N2O2S2/c1-16-7-9-5-12(11(15)6-10(9)14)21(18,19)17-8-13(20-2)3-4-13/h5-6,16-17H,3-4,7-8H2,1-2H3. The summed E-state index contributed by atoms with van der Waals surface area (Å²) in [6.45, 7) is 0.907. The Morgan fingerprint density at radius 3 is 2.48 bits per heavy atom. The fraction of sp³-hybridized carbons (Fsp3) is 0.538. The molecule has 0 heterocycles. The van der Waals surface area contributed by atoms with Gasteiger partial charge in [0.25, 0.3) is 0 Å². The van der Waals surface area contributed by atoms with Gasteiger partial charge in [-0.05, 0) is 43.8 Å². The van der Waals surface area contributed by atoms with E-state index in [-0.39, 0.29) is 14.7 Å². The molecule has 4 nitrogen and oxygen atoms in total. The summed E-state index contributed by atoms with van der Waals surface area (Å²) in [5, 5.41) is 3.55. The summed E-state index contributed by atoms with van der Waals surface area (Å²) >= 11 is 13.8. The molecular weight excluding hydrogens is 351 g/mol. The van der Waals surface area contributed by atoms with Crippen molar-refractivity contribution in [3.05, 3.63) is 27.7 Å². The zero-order valence-electron chi connectivity index (χ0n) is 11.9. The zero-order chi connectivity index (χ0) is 15.7. The van der Waals surface area contributed by atoms with Crippen LogP contribution in [0.1, 0.15) is 18.4 Å². The summed E-state index contributed by atoms with van der Waals surface area (Å²) in [5.74, 6) is 0. The predicted molar refractivity (Wildman–Crippen MR) is 89.9 cm³/mol. The van der Waals surface area contributed by atoms with Crippen molar-refractivity contribution in [2.45, 2.75) is 29.0 Å². The van der Waals surface area contributed by atoms with Gasteiger partial charge in [-0.2, -0.15) is 11.8 Å². The second-order valence-corrected chi connectivity index (χ2v) is 8.94. The van der Waals surface area contributed by atoms with Crippen molar-refractivity contribution in [2.75, 3.05) is 19.8 Å². The summed E-state index contributed by atoms with van der Waals surface area (Å²) in [7, 11) is -1.86. The van der Waals surface area contributed by atoms with Crippen LogP contribution < -0.4 is 10.0 Å². The smallest absolute Gasteiger partial charge is 0.242 e. The number of nitrogens with one attached hydrogen (secondary N) is 2. The van der Waals surface area contributed by atoms with Crippen LogP contribution in [0.25, 0.3) is 0 Å². The Balaban J connectivity index is 2.24. The highest BCUT2D eigenvalue weighted by molar-refractivity contribution is 8.00. The minimum absolute atomic E-state index is 0.0553. The topological polar surface area (TPSA) is 58.2 Å². The molecule has 0 atom stereocenters. The number of sulfonamides is 1. The van der Waals surface area contributed by atoms with E-state index >= 15 is 0 Å². The third-order valence-corrected chi connectivity index (χ3v) is 7.22. The molecule has 0 bridgehead atoms. The minimum Gasteiger partial charge on any atom is -0.316 e. The van der Waals surface area contributed by atoms with Gasteiger partial charge in [0.05, 0.1) is 5.02 Å². The molecule has 2 N–H and O–H groups in total. The molecule has 1 fully saturated rings. The van der Waals surface area contributed by atoms with E-state index in [0.29, 0.717) is 23.7 Å². The lowest BCUT2D eigenvalue weighted by Crippen LogP contribution is -2.32. The molecule has 1 aromatic rings. The lowest BCUT2D eigenvalue weighted by molar-refractivity contribution is 0.579. The van der Waals surface area contributed by atoms with E-state index in [4.69, 9.17) is 23.2 Å². The maximum atomic E-state index is 12.4. The molecule has 0 aliphatic heterocycles. The van der Waals surface area contributed by atoms with E-state index in [9.17, 15) is 8.42 Å². The van der Waals surface area contributed by atoms with Crippen LogP contribution in [0.15, 0.2) is 17.0 Å². The van der Waals surface area contributed by atoms with Crippen LogP contribution in [-0.4, -0.2) is 33.0 Å². The van der Waals surface area contributed by atoms with Crippen molar-refractivity contribution in [1.29, 1.82) is 0 Å². The van der Waals surface area contributed by atoms with E-state index in [1.807, 2.05) is 6.26 Å². The first-order valence-corrected chi connectivity index (χ1v) is 9.97. The molecule has 0 amide bonds. The van der Waals surface area contributed by atoms with Crippen molar-refractivity contribution in [1.82, 2.24) is 10.0 Å². The van der Waals surface area contributed by atoms with Crippen LogP contribution in [0.2, 0.25) is 10.0 Å². The van der Waals surface area contributed by atoms with Gasteiger partial charge in [-0.1, -0.05) is 23.2 Å². The Labute approximate surface area is 140 Å². The van der Waals surface area contributed by atoms with Gasteiger partial charge in [-0.15, -0.1) is 0 Å². The fourth-order valence-corrected chi connectivity index (χ4v) is 4.81. The van der Waals surface area contributed by atoms with Crippen LogP contribution in [0.4, 0.5) is 0 Å². The molecule has 1 aliphatic rings. The molecule has 1 aliphatic carbocycles. The quantitative estimate of drug-likeness (QED) is 0.776. The Bertz CT molecular complexity index is 631. The van der Waals surface area contributed by atoms with Gasteiger partial charge in [0.1, 0.15) is 4.90 Å². The molecule has 0 saturated heterocycles. The van der Waals surface area contributed by atoms with Crippen LogP contribution in [-0.2, 0) is 16.6 Å². The minimum atomic E-state index is -3.63. The van der Waals surface area contributed by atoms with Crippen molar-refractivity contribution in [3.8, 4) is 0 Å². The molecule has 0 spiro atoms. The van der Waals surface area contributed by atoms with Gasteiger partial charge in [-0.3, -0.25) is 0 Å². The molecule has 8 heteroatoms. The molecule has 2 rings (SSSR count). The predicted octanol–water partition coefficient (Wildman–Crippen LogP) is 2.89. The van der Waals surface area contributed by atoms with Gasteiger partial charge in [-0.25, -0.2) is 13.1 Å². The van der Waals surface area contributed by atoms with Crippen molar-refractivity contribution >= 4 is 45.0 Å². The van der Waals surface area contributed by atoms with Crippen LogP contribution in [0.3, 0.4) is 0 Å². The van der Waals surface area contributed by atoms with Crippen molar-refractivity contribution in [2.24, 2.45) is 0 Å². The lowest BCUT2D eigenvalue weighted by Gasteiger charge is -2.15. The average molecular weight is 369 g/mol. The molecule has 1 aromatic carbocycles.